The predicted octanol–water partition coefficient (Wildman–Crippen LogP) is -0.505. The molecule has 0 saturated carbocycles. The Morgan fingerprint density at radius 3 is 2.11 bits per heavy atom. The summed E-state index contributed by atoms with van der Waals surface area (Å²) in [5.41, 5.74) is 2.37. The van der Waals surface area contributed by atoms with Gasteiger partial charge in [-0.1, -0.05) is 24.3 Å². The second kappa shape index (κ2) is 9.43. The number of piperazine rings is 1. The molecule has 1 heterocycles. The van der Waals surface area contributed by atoms with Crippen LogP contribution in [0.15, 0.2) is 48.5 Å². The molecule has 148 valence electrons. The first-order chi connectivity index (χ1) is 13.5. The molecule has 0 radical (unpaired) electrons. The van der Waals surface area contributed by atoms with E-state index in [-0.39, 0.29) is 17.6 Å². The number of carbonyl (C=O) groups excluding carboxylic acids is 2. The lowest BCUT2D eigenvalue weighted by Crippen LogP contribution is -3.28. The summed E-state index contributed by atoms with van der Waals surface area (Å²) in [5, 5.41) is 5.71. The molecule has 0 aliphatic carbocycles. The Kier molecular flexibility index (Phi) is 6.73. The summed E-state index contributed by atoms with van der Waals surface area (Å²) in [6, 6.07) is 13.6. The van der Waals surface area contributed by atoms with Crippen LogP contribution < -0.4 is 20.4 Å². The number of benzene rings is 2. The Morgan fingerprint density at radius 1 is 0.893 bits per heavy atom. The molecule has 2 amide bonds. The van der Waals surface area contributed by atoms with Gasteiger partial charge in [-0.15, -0.1) is 0 Å². The first-order valence-electron chi connectivity index (χ1n) is 9.57. The van der Waals surface area contributed by atoms with Crippen molar-refractivity contribution in [2.75, 3.05) is 49.9 Å². The molecule has 3 rings (SSSR count). The van der Waals surface area contributed by atoms with Crippen LogP contribution in [-0.4, -0.2) is 51.1 Å². The molecular weight excluding hydrogens is 359 g/mol. The molecule has 1 fully saturated rings. The Bertz CT molecular complexity index is 835. The molecule has 2 aromatic rings. The summed E-state index contributed by atoms with van der Waals surface area (Å²) in [6.45, 7) is 6.07. The van der Waals surface area contributed by atoms with E-state index in [1.54, 1.807) is 12.1 Å². The monoisotopic (exact) mass is 386 g/mol. The second-order valence-corrected chi connectivity index (χ2v) is 7.28. The zero-order valence-corrected chi connectivity index (χ0v) is 16.1. The summed E-state index contributed by atoms with van der Waals surface area (Å²) < 4.78 is 13.2. The van der Waals surface area contributed by atoms with Crippen LogP contribution >= 0.6 is 0 Å². The van der Waals surface area contributed by atoms with Crippen LogP contribution in [-0.2, 0) is 9.59 Å². The van der Waals surface area contributed by atoms with E-state index >= 15 is 0 Å². The second-order valence-electron chi connectivity index (χ2n) is 7.28. The van der Waals surface area contributed by atoms with Gasteiger partial charge in [0.05, 0.1) is 0 Å². The van der Waals surface area contributed by atoms with Gasteiger partial charge in [-0.05, 0) is 36.8 Å². The van der Waals surface area contributed by atoms with Crippen molar-refractivity contribution in [1.29, 1.82) is 0 Å². The van der Waals surface area contributed by atoms with Crippen molar-refractivity contribution in [3.05, 3.63) is 59.9 Å². The number of para-hydroxylation sites is 1. The van der Waals surface area contributed by atoms with Gasteiger partial charge in [-0.2, -0.15) is 0 Å². The molecule has 2 aromatic carbocycles. The van der Waals surface area contributed by atoms with Crippen molar-refractivity contribution in [2.45, 2.75) is 6.92 Å². The highest BCUT2D eigenvalue weighted by Crippen LogP contribution is 2.12. The number of rotatable bonds is 6. The summed E-state index contributed by atoms with van der Waals surface area (Å²) in [6.07, 6.45) is 0. The molecule has 0 unspecified atom stereocenters. The third kappa shape index (κ3) is 5.87. The number of hydrogen-bond donors (Lipinski definition) is 4. The average Bonchev–Trinajstić information content (AvgIpc) is 2.65. The quantitative estimate of drug-likeness (QED) is 0.541. The Morgan fingerprint density at radius 2 is 1.50 bits per heavy atom. The van der Waals surface area contributed by atoms with Crippen LogP contribution in [0.2, 0.25) is 0 Å². The molecule has 1 aliphatic rings. The maximum Gasteiger partial charge on any atom is 0.279 e. The summed E-state index contributed by atoms with van der Waals surface area (Å²) in [7, 11) is 0. The highest BCUT2D eigenvalue weighted by atomic mass is 19.1. The van der Waals surface area contributed by atoms with E-state index in [9.17, 15) is 14.0 Å². The van der Waals surface area contributed by atoms with Crippen molar-refractivity contribution in [1.82, 2.24) is 0 Å². The van der Waals surface area contributed by atoms with Gasteiger partial charge in [0.25, 0.3) is 11.8 Å². The van der Waals surface area contributed by atoms with Crippen molar-refractivity contribution in [3.63, 3.8) is 0 Å². The van der Waals surface area contributed by atoms with Gasteiger partial charge in [0.15, 0.2) is 13.1 Å². The summed E-state index contributed by atoms with van der Waals surface area (Å²) >= 11 is 0. The van der Waals surface area contributed by atoms with Gasteiger partial charge in [0.2, 0.25) is 0 Å². The minimum absolute atomic E-state index is 0.0107. The van der Waals surface area contributed by atoms with Crippen molar-refractivity contribution < 1.29 is 23.8 Å². The zero-order chi connectivity index (χ0) is 19.9. The van der Waals surface area contributed by atoms with E-state index in [1.165, 1.54) is 21.9 Å². The topological polar surface area (TPSA) is 67.1 Å². The minimum atomic E-state index is -0.369. The van der Waals surface area contributed by atoms with Crippen LogP contribution in [0.1, 0.15) is 5.56 Å². The smallest absolute Gasteiger partial charge is 0.279 e. The minimum Gasteiger partial charge on any atom is -0.321 e. The SMILES string of the molecule is Cc1ccccc1NC(=O)C[NH+]1CC[NH+](CC(=O)Nc2cccc(F)c2)CC1. The number of aryl methyl sites for hydroxylation is 1. The maximum atomic E-state index is 13.2. The third-order valence-electron chi connectivity index (χ3n) is 5.01. The van der Waals surface area contributed by atoms with E-state index < -0.39 is 0 Å². The molecule has 0 aromatic heterocycles. The molecule has 0 spiro atoms. The zero-order valence-electron chi connectivity index (χ0n) is 16.1. The predicted molar refractivity (Wildman–Crippen MR) is 106 cm³/mol. The number of hydrogen-bond acceptors (Lipinski definition) is 2. The molecule has 4 N–H and O–H groups in total. The number of nitrogens with one attached hydrogen (secondary N) is 4. The van der Waals surface area contributed by atoms with Gasteiger partial charge in [-0.25, -0.2) is 4.39 Å². The fourth-order valence-electron chi connectivity index (χ4n) is 3.44. The number of amides is 2. The Balaban J connectivity index is 1.40. The lowest BCUT2D eigenvalue weighted by Gasteiger charge is -2.29. The van der Waals surface area contributed by atoms with E-state index in [2.05, 4.69) is 10.6 Å². The molecule has 0 atom stereocenters. The van der Waals surface area contributed by atoms with Crippen LogP contribution in [0.5, 0.6) is 0 Å². The van der Waals surface area contributed by atoms with Crippen molar-refractivity contribution in [2.24, 2.45) is 0 Å². The lowest BCUT2D eigenvalue weighted by atomic mass is 10.2. The normalized spacial score (nSPS) is 19.1. The van der Waals surface area contributed by atoms with Gasteiger partial charge < -0.3 is 20.4 Å². The highest BCUT2D eigenvalue weighted by Gasteiger charge is 2.26. The molecule has 1 aliphatic heterocycles. The lowest BCUT2D eigenvalue weighted by molar-refractivity contribution is -1.00. The Hall–Kier alpha value is -2.77. The molecule has 0 bridgehead atoms. The van der Waals surface area contributed by atoms with Crippen LogP contribution in [0, 0.1) is 12.7 Å². The first-order valence-corrected chi connectivity index (χ1v) is 9.57. The van der Waals surface area contributed by atoms with Crippen molar-refractivity contribution >= 4 is 23.2 Å². The number of halogens is 1. The number of carbonyl (C=O) groups is 2. The van der Waals surface area contributed by atoms with E-state index in [0.717, 1.165) is 37.4 Å². The van der Waals surface area contributed by atoms with Crippen LogP contribution in [0.4, 0.5) is 15.8 Å². The average molecular weight is 386 g/mol. The number of quaternary nitrogens is 2. The highest BCUT2D eigenvalue weighted by molar-refractivity contribution is 5.92. The molecule has 6 nitrogen and oxygen atoms in total. The third-order valence-corrected chi connectivity index (χ3v) is 5.01. The fourth-order valence-corrected chi connectivity index (χ4v) is 3.44. The largest absolute Gasteiger partial charge is 0.321 e. The maximum absolute atomic E-state index is 13.2. The molecule has 28 heavy (non-hydrogen) atoms. The number of anilines is 2. The summed E-state index contributed by atoms with van der Waals surface area (Å²) in [5.74, 6) is -0.482. The summed E-state index contributed by atoms with van der Waals surface area (Å²) in [4.78, 5) is 26.9. The van der Waals surface area contributed by atoms with Crippen molar-refractivity contribution in [3.8, 4) is 0 Å². The molecular formula is C21H27FN4O2+2. The Labute approximate surface area is 164 Å². The molecule has 7 heteroatoms. The fraction of sp³-hybridized carbons (Fsp3) is 0.333. The van der Waals surface area contributed by atoms with E-state index in [0.29, 0.717) is 18.8 Å². The van der Waals surface area contributed by atoms with Crippen LogP contribution in [0.3, 0.4) is 0 Å². The first kappa shape index (κ1) is 20.0. The van der Waals surface area contributed by atoms with Gasteiger partial charge in [0.1, 0.15) is 32.0 Å². The van der Waals surface area contributed by atoms with Gasteiger partial charge in [0, 0.05) is 11.4 Å². The van der Waals surface area contributed by atoms with E-state index in [4.69, 9.17) is 0 Å². The standard InChI is InChI=1S/C21H25FN4O2/c1-16-5-2-3-8-19(16)24-21(28)15-26-11-9-25(10-12-26)14-20(27)23-18-7-4-6-17(22)13-18/h2-8,13H,9-12,14-15H2,1H3,(H,23,27)(H,24,28)/p+2. The van der Waals surface area contributed by atoms with Gasteiger partial charge >= 0.3 is 0 Å². The van der Waals surface area contributed by atoms with Gasteiger partial charge in [-0.3, -0.25) is 9.59 Å². The van der Waals surface area contributed by atoms with Crippen LogP contribution in [0.25, 0.3) is 0 Å². The molecule has 1 saturated heterocycles. The van der Waals surface area contributed by atoms with E-state index in [1.807, 2.05) is 31.2 Å².